The van der Waals surface area contributed by atoms with Gasteiger partial charge in [0.2, 0.25) is 5.91 Å². The molecule has 2 heterocycles. The number of hydrogen-bond donors (Lipinski definition) is 1. The summed E-state index contributed by atoms with van der Waals surface area (Å²) in [5.74, 6) is -0.145. The molecule has 0 spiro atoms. The van der Waals surface area contributed by atoms with E-state index in [1.54, 1.807) is 0 Å². The molecular weight excluding hydrogens is 292 g/mol. The molecule has 3 rings (SSSR count). The van der Waals surface area contributed by atoms with E-state index in [-0.39, 0.29) is 18.3 Å². The van der Waals surface area contributed by atoms with Gasteiger partial charge in [-0.15, -0.1) is 5.10 Å². The predicted molar refractivity (Wildman–Crippen MR) is 85.9 cm³/mol. The highest BCUT2D eigenvalue weighted by atomic mass is 16.2. The topological polar surface area (TPSA) is 86.8 Å². The Labute approximate surface area is 134 Å². The SMILES string of the molecule is N#Cc1ncn(CC(=O)Nc2ccc(N3CCCCC3)cc2)n1. The van der Waals surface area contributed by atoms with Gasteiger partial charge in [-0.2, -0.15) is 5.26 Å². The van der Waals surface area contributed by atoms with Gasteiger partial charge in [0.05, 0.1) is 0 Å². The Bertz CT molecular complexity index is 709. The van der Waals surface area contributed by atoms with E-state index < -0.39 is 0 Å². The van der Waals surface area contributed by atoms with Gasteiger partial charge < -0.3 is 10.2 Å². The molecule has 7 heteroatoms. The van der Waals surface area contributed by atoms with Crippen LogP contribution in [0.4, 0.5) is 11.4 Å². The molecule has 2 aromatic rings. The lowest BCUT2D eigenvalue weighted by Gasteiger charge is -2.28. The maximum absolute atomic E-state index is 12.0. The van der Waals surface area contributed by atoms with Crippen LogP contribution >= 0.6 is 0 Å². The minimum Gasteiger partial charge on any atom is -0.372 e. The number of carbonyl (C=O) groups is 1. The molecule has 1 amide bonds. The summed E-state index contributed by atoms with van der Waals surface area (Å²) in [6, 6.07) is 9.71. The predicted octanol–water partition coefficient (Wildman–Crippen LogP) is 1.78. The maximum atomic E-state index is 12.0. The number of aromatic nitrogens is 3. The van der Waals surface area contributed by atoms with Crippen molar-refractivity contribution in [3.05, 3.63) is 36.4 Å². The summed E-state index contributed by atoms with van der Waals surface area (Å²) >= 11 is 0. The number of anilines is 2. The average molecular weight is 310 g/mol. The Balaban J connectivity index is 1.57. The van der Waals surface area contributed by atoms with Crippen molar-refractivity contribution in [2.45, 2.75) is 25.8 Å². The number of rotatable bonds is 4. The van der Waals surface area contributed by atoms with Crippen molar-refractivity contribution in [3.8, 4) is 6.07 Å². The van der Waals surface area contributed by atoms with Crippen molar-refractivity contribution in [2.24, 2.45) is 0 Å². The molecule has 7 nitrogen and oxygen atoms in total. The van der Waals surface area contributed by atoms with E-state index in [1.165, 1.54) is 36.0 Å². The van der Waals surface area contributed by atoms with E-state index in [9.17, 15) is 4.79 Å². The largest absolute Gasteiger partial charge is 0.372 e. The first-order chi connectivity index (χ1) is 11.2. The second-order valence-corrected chi connectivity index (χ2v) is 5.52. The van der Waals surface area contributed by atoms with Crippen molar-refractivity contribution in [1.82, 2.24) is 14.8 Å². The number of carbonyl (C=O) groups excluding carboxylic acids is 1. The van der Waals surface area contributed by atoms with Crippen molar-refractivity contribution in [2.75, 3.05) is 23.3 Å². The zero-order chi connectivity index (χ0) is 16.1. The van der Waals surface area contributed by atoms with Crippen LogP contribution in [-0.2, 0) is 11.3 Å². The van der Waals surface area contributed by atoms with Crippen molar-refractivity contribution < 1.29 is 4.79 Å². The van der Waals surface area contributed by atoms with Gasteiger partial charge in [-0.1, -0.05) is 0 Å². The van der Waals surface area contributed by atoms with Crippen LogP contribution in [0.2, 0.25) is 0 Å². The molecule has 0 bridgehead atoms. The Morgan fingerprint density at radius 3 is 2.61 bits per heavy atom. The van der Waals surface area contributed by atoms with Crippen LogP contribution in [0.5, 0.6) is 0 Å². The lowest BCUT2D eigenvalue weighted by molar-refractivity contribution is -0.116. The van der Waals surface area contributed by atoms with Crippen molar-refractivity contribution >= 4 is 17.3 Å². The van der Waals surface area contributed by atoms with Crippen LogP contribution in [0.15, 0.2) is 30.6 Å². The van der Waals surface area contributed by atoms with E-state index in [0.29, 0.717) is 0 Å². The van der Waals surface area contributed by atoms with Crippen LogP contribution < -0.4 is 10.2 Å². The van der Waals surface area contributed by atoms with E-state index >= 15 is 0 Å². The molecule has 0 radical (unpaired) electrons. The van der Waals surface area contributed by atoms with Crippen LogP contribution in [-0.4, -0.2) is 33.8 Å². The van der Waals surface area contributed by atoms with Crippen LogP contribution in [0.1, 0.15) is 25.1 Å². The summed E-state index contributed by atoms with van der Waals surface area (Å²) in [5, 5.41) is 15.3. The standard InChI is InChI=1S/C16H18N6O/c17-10-15-18-12-22(20-15)11-16(23)19-13-4-6-14(7-5-13)21-8-2-1-3-9-21/h4-7,12H,1-3,8-9,11H2,(H,19,23). The number of nitriles is 1. The maximum Gasteiger partial charge on any atom is 0.252 e. The summed E-state index contributed by atoms with van der Waals surface area (Å²) in [4.78, 5) is 18.1. The fourth-order valence-corrected chi connectivity index (χ4v) is 2.68. The number of nitrogens with zero attached hydrogens (tertiary/aromatic N) is 5. The normalized spacial score (nSPS) is 14.3. The van der Waals surface area contributed by atoms with Gasteiger partial charge in [-0.05, 0) is 43.5 Å². The highest BCUT2D eigenvalue weighted by molar-refractivity contribution is 5.90. The minimum absolute atomic E-state index is 0.0303. The fourth-order valence-electron chi connectivity index (χ4n) is 2.68. The Kier molecular flexibility index (Phi) is 4.52. The Morgan fingerprint density at radius 1 is 1.22 bits per heavy atom. The molecule has 1 fully saturated rings. The summed E-state index contributed by atoms with van der Waals surface area (Å²) in [5.41, 5.74) is 1.94. The monoisotopic (exact) mass is 310 g/mol. The quantitative estimate of drug-likeness (QED) is 0.930. The van der Waals surface area contributed by atoms with E-state index in [2.05, 4.69) is 20.3 Å². The molecule has 118 valence electrons. The first kappa shape index (κ1) is 15.0. The van der Waals surface area contributed by atoms with Crippen molar-refractivity contribution in [1.29, 1.82) is 5.26 Å². The van der Waals surface area contributed by atoms with Gasteiger partial charge in [0, 0.05) is 24.5 Å². The van der Waals surface area contributed by atoms with Crippen LogP contribution in [0.3, 0.4) is 0 Å². The highest BCUT2D eigenvalue weighted by Gasteiger charge is 2.11. The fraction of sp³-hybridized carbons (Fsp3) is 0.375. The van der Waals surface area contributed by atoms with Crippen LogP contribution in [0, 0.1) is 11.3 Å². The molecule has 1 aliphatic rings. The highest BCUT2D eigenvalue weighted by Crippen LogP contribution is 2.21. The third kappa shape index (κ3) is 3.86. The first-order valence-corrected chi connectivity index (χ1v) is 7.69. The summed E-state index contributed by atoms with van der Waals surface area (Å²) < 4.78 is 1.34. The summed E-state index contributed by atoms with van der Waals surface area (Å²) in [6.45, 7) is 2.22. The molecule has 1 saturated heterocycles. The third-order valence-corrected chi connectivity index (χ3v) is 3.81. The van der Waals surface area contributed by atoms with Gasteiger partial charge in [-0.3, -0.25) is 4.79 Å². The van der Waals surface area contributed by atoms with E-state index in [1.807, 2.05) is 30.3 Å². The molecule has 0 aliphatic carbocycles. The zero-order valence-electron chi connectivity index (χ0n) is 12.8. The van der Waals surface area contributed by atoms with Gasteiger partial charge in [-0.25, -0.2) is 9.67 Å². The smallest absolute Gasteiger partial charge is 0.252 e. The molecule has 1 aromatic carbocycles. The number of nitrogens with one attached hydrogen (secondary N) is 1. The lowest BCUT2D eigenvalue weighted by Crippen LogP contribution is -2.29. The molecule has 1 N–H and O–H groups in total. The van der Waals surface area contributed by atoms with Gasteiger partial charge >= 0.3 is 0 Å². The molecule has 0 atom stereocenters. The molecule has 0 saturated carbocycles. The van der Waals surface area contributed by atoms with Crippen molar-refractivity contribution in [3.63, 3.8) is 0 Å². The molecular formula is C16H18N6O. The van der Waals surface area contributed by atoms with Gasteiger partial charge in [0.15, 0.2) is 0 Å². The van der Waals surface area contributed by atoms with Crippen LogP contribution in [0.25, 0.3) is 0 Å². The van der Waals surface area contributed by atoms with Gasteiger partial charge in [0.25, 0.3) is 5.82 Å². The third-order valence-electron chi connectivity index (χ3n) is 3.81. The van der Waals surface area contributed by atoms with E-state index in [0.717, 1.165) is 18.8 Å². The lowest BCUT2D eigenvalue weighted by atomic mass is 10.1. The number of amides is 1. The minimum atomic E-state index is -0.204. The number of benzene rings is 1. The second kappa shape index (κ2) is 6.92. The summed E-state index contributed by atoms with van der Waals surface area (Å²) in [6.07, 6.45) is 5.15. The van der Waals surface area contributed by atoms with Gasteiger partial charge in [0.1, 0.15) is 18.9 Å². The Morgan fingerprint density at radius 2 is 1.96 bits per heavy atom. The number of hydrogen-bond acceptors (Lipinski definition) is 5. The first-order valence-electron chi connectivity index (χ1n) is 7.69. The second-order valence-electron chi connectivity index (χ2n) is 5.52. The molecule has 23 heavy (non-hydrogen) atoms. The molecule has 1 aromatic heterocycles. The Hall–Kier alpha value is -2.88. The van der Waals surface area contributed by atoms with E-state index in [4.69, 9.17) is 5.26 Å². The molecule has 0 unspecified atom stereocenters. The number of piperidine rings is 1. The average Bonchev–Trinajstić information content (AvgIpc) is 3.04. The summed E-state index contributed by atoms with van der Waals surface area (Å²) in [7, 11) is 0. The zero-order valence-corrected chi connectivity index (χ0v) is 12.8. The molecule has 1 aliphatic heterocycles.